The van der Waals surface area contributed by atoms with E-state index in [2.05, 4.69) is 4.98 Å². The van der Waals surface area contributed by atoms with Crippen molar-refractivity contribution < 1.29 is 9.90 Å². The second-order valence-electron chi connectivity index (χ2n) is 6.60. The van der Waals surface area contributed by atoms with Crippen LogP contribution in [0.4, 0.5) is 0 Å². The number of imidazole rings is 1. The first-order chi connectivity index (χ1) is 10.5. The van der Waals surface area contributed by atoms with Crippen molar-refractivity contribution in [1.82, 2.24) is 14.3 Å². The van der Waals surface area contributed by atoms with E-state index in [1.165, 1.54) is 0 Å². The van der Waals surface area contributed by atoms with Crippen LogP contribution in [0.25, 0.3) is 5.52 Å². The minimum Gasteiger partial charge on any atom is -0.384 e. The van der Waals surface area contributed by atoms with Crippen LogP contribution in [0.3, 0.4) is 0 Å². The number of aliphatic hydroxyl groups is 1. The first kappa shape index (κ1) is 14.0. The molecule has 0 spiro atoms. The number of hydrogen-bond donors (Lipinski definition) is 1. The number of likely N-dealkylation sites (tertiary alicyclic amines) is 1. The van der Waals surface area contributed by atoms with Crippen LogP contribution in [-0.2, 0) is 10.4 Å². The van der Waals surface area contributed by atoms with E-state index >= 15 is 0 Å². The number of nitrogens with zero attached hydrogens (tertiary/aromatic N) is 3. The average molecular weight is 320 g/mol. The van der Waals surface area contributed by atoms with Crippen LogP contribution in [0.5, 0.6) is 0 Å². The third kappa shape index (κ3) is 1.96. The predicted octanol–water partition coefficient (Wildman–Crippen LogP) is 2.06. The van der Waals surface area contributed by atoms with Gasteiger partial charge in [-0.2, -0.15) is 0 Å². The van der Waals surface area contributed by atoms with Crippen LogP contribution in [-0.4, -0.2) is 38.4 Å². The molecule has 22 heavy (non-hydrogen) atoms. The molecule has 3 heterocycles. The Morgan fingerprint density at radius 1 is 1.36 bits per heavy atom. The molecule has 1 saturated carbocycles. The zero-order valence-corrected chi connectivity index (χ0v) is 13.1. The highest BCUT2D eigenvalue weighted by atomic mass is 35.5. The summed E-state index contributed by atoms with van der Waals surface area (Å²) < 4.78 is 1.88. The van der Waals surface area contributed by atoms with E-state index < -0.39 is 5.60 Å². The molecule has 5 nitrogen and oxygen atoms in total. The summed E-state index contributed by atoms with van der Waals surface area (Å²) in [6.45, 7) is 3.08. The highest BCUT2D eigenvalue weighted by molar-refractivity contribution is 6.31. The molecule has 116 valence electrons. The fraction of sp³-hybridized carbons (Fsp3) is 0.500. The van der Waals surface area contributed by atoms with Gasteiger partial charge in [0, 0.05) is 20.0 Å². The predicted molar refractivity (Wildman–Crippen MR) is 82.6 cm³/mol. The number of rotatable bonds is 1. The summed E-state index contributed by atoms with van der Waals surface area (Å²) in [7, 11) is 0. The van der Waals surface area contributed by atoms with Gasteiger partial charge >= 0.3 is 0 Å². The number of aromatic nitrogens is 2. The molecule has 6 heteroatoms. The highest BCUT2D eigenvalue weighted by Crippen LogP contribution is 2.50. The quantitative estimate of drug-likeness (QED) is 0.875. The van der Waals surface area contributed by atoms with Crippen molar-refractivity contribution in [2.75, 3.05) is 13.1 Å². The number of carbonyl (C=O) groups excluding carboxylic acids is 1. The number of halogens is 1. The van der Waals surface area contributed by atoms with Gasteiger partial charge in [0.2, 0.25) is 5.91 Å². The summed E-state index contributed by atoms with van der Waals surface area (Å²) in [5.41, 5.74) is 0.707. The number of hydrogen-bond acceptors (Lipinski definition) is 3. The second-order valence-corrected chi connectivity index (χ2v) is 7.01. The van der Waals surface area contributed by atoms with Gasteiger partial charge in [0.25, 0.3) is 0 Å². The number of carbonyl (C=O) groups is 1. The molecule has 1 aliphatic carbocycles. The lowest BCUT2D eigenvalue weighted by molar-refractivity contribution is -0.128. The fourth-order valence-electron chi connectivity index (χ4n) is 4.22. The van der Waals surface area contributed by atoms with Gasteiger partial charge in [-0.05, 0) is 36.8 Å². The van der Waals surface area contributed by atoms with Crippen LogP contribution in [0.15, 0.2) is 24.7 Å². The summed E-state index contributed by atoms with van der Waals surface area (Å²) in [6.07, 6.45) is 4.73. The van der Waals surface area contributed by atoms with Crippen molar-refractivity contribution in [2.24, 2.45) is 11.8 Å². The Labute approximate surface area is 133 Å². The van der Waals surface area contributed by atoms with Crippen molar-refractivity contribution in [2.45, 2.75) is 25.4 Å². The van der Waals surface area contributed by atoms with Crippen molar-refractivity contribution in [3.8, 4) is 0 Å². The number of amides is 1. The molecule has 1 saturated heterocycles. The molecule has 0 unspecified atom stereocenters. The first-order valence-corrected chi connectivity index (χ1v) is 7.95. The molecular weight excluding hydrogens is 302 g/mol. The Hall–Kier alpha value is -1.59. The molecule has 2 fully saturated rings. The molecule has 1 aliphatic heterocycles. The Morgan fingerprint density at radius 2 is 2.05 bits per heavy atom. The SMILES string of the molecule is CC(=O)N1C[C@@H]2C[C@@](O)(c3c(Cl)ccc4cncn34)C[C@@H]2C1. The molecular formula is C16H18ClN3O2. The van der Waals surface area contributed by atoms with Crippen LogP contribution in [0.1, 0.15) is 25.5 Å². The first-order valence-electron chi connectivity index (χ1n) is 7.57. The average Bonchev–Trinajstić information content (AvgIpc) is 3.10. The zero-order valence-electron chi connectivity index (χ0n) is 12.4. The van der Waals surface area contributed by atoms with E-state index in [1.54, 1.807) is 19.4 Å². The van der Waals surface area contributed by atoms with E-state index in [1.807, 2.05) is 21.4 Å². The Bertz CT molecular complexity index is 743. The molecule has 3 atom stereocenters. The van der Waals surface area contributed by atoms with Crippen molar-refractivity contribution in [1.29, 1.82) is 0 Å². The maximum absolute atomic E-state index is 11.5. The van der Waals surface area contributed by atoms with Crippen LogP contribution < -0.4 is 0 Å². The summed E-state index contributed by atoms with van der Waals surface area (Å²) in [6, 6.07) is 3.72. The van der Waals surface area contributed by atoms with Crippen LogP contribution in [0.2, 0.25) is 5.02 Å². The summed E-state index contributed by atoms with van der Waals surface area (Å²) in [4.78, 5) is 17.6. The summed E-state index contributed by atoms with van der Waals surface area (Å²) >= 11 is 6.39. The number of pyridine rings is 1. The highest BCUT2D eigenvalue weighted by Gasteiger charge is 2.51. The summed E-state index contributed by atoms with van der Waals surface area (Å²) in [5.74, 6) is 0.792. The van der Waals surface area contributed by atoms with E-state index in [-0.39, 0.29) is 5.91 Å². The van der Waals surface area contributed by atoms with Crippen molar-refractivity contribution >= 4 is 23.0 Å². The van der Waals surface area contributed by atoms with E-state index in [0.717, 1.165) is 24.3 Å². The maximum Gasteiger partial charge on any atom is 0.219 e. The number of fused-ring (bicyclic) bond motifs is 2. The minimum absolute atomic E-state index is 0.118. The van der Waals surface area contributed by atoms with Gasteiger partial charge < -0.3 is 10.0 Å². The second kappa shape index (κ2) is 4.70. The molecule has 0 radical (unpaired) electrons. The third-order valence-corrected chi connectivity index (χ3v) is 5.50. The molecule has 0 bridgehead atoms. The molecule has 4 rings (SSSR count). The molecule has 0 aromatic carbocycles. The van der Waals surface area contributed by atoms with Gasteiger partial charge in [0.15, 0.2) is 0 Å². The van der Waals surface area contributed by atoms with E-state index in [4.69, 9.17) is 11.6 Å². The van der Waals surface area contributed by atoms with Gasteiger partial charge in [-0.15, -0.1) is 0 Å². The van der Waals surface area contributed by atoms with Gasteiger partial charge in [-0.25, -0.2) is 4.98 Å². The molecule has 1 amide bonds. The maximum atomic E-state index is 11.5. The fourth-order valence-corrected chi connectivity index (χ4v) is 4.55. The topological polar surface area (TPSA) is 57.8 Å². The smallest absolute Gasteiger partial charge is 0.219 e. The minimum atomic E-state index is -0.949. The normalized spacial score (nSPS) is 31.0. The summed E-state index contributed by atoms with van der Waals surface area (Å²) in [5, 5.41) is 11.8. The van der Waals surface area contributed by atoms with Gasteiger partial charge in [-0.1, -0.05) is 11.6 Å². The van der Waals surface area contributed by atoms with Crippen molar-refractivity contribution in [3.63, 3.8) is 0 Å². The molecule has 2 aromatic rings. The van der Waals surface area contributed by atoms with Gasteiger partial charge in [0.05, 0.1) is 28.8 Å². The standard InChI is InChI=1S/C16H18ClN3O2/c1-10(21)19-7-11-4-16(22,5-12(11)8-19)15-14(17)3-2-13-6-18-9-20(13)15/h2-3,6,9,11-12,22H,4-5,7-8H2,1H3/t11-,12+,16-. The zero-order chi connectivity index (χ0) is 15.5. The third-order valence-electron chi connectivity index (χ3n) is 5.20. The molecule has 2 aromatic heterocycles. The van der Waals surface area contributed by atoms with Crippen LogP contribution in [0, 0.1) is 11.8 Å². The Kier molecular flexibility index (Phi) is 3.00. The lowest BCUT2D eigenvalue weighted by atomic mass is 9.94. The largest absolute Gasteiger partial charge is 0.384 e. The van der Waals surface area contributed by atoms with Gasteiger partial charge in [-0.3, -0.25) is 9.20 Å². The lowest BCUT2D eigenvalue weighted by Gasteiger charge is -2.28. The Morgan fingerprint density at radius 3 is 2.68 bits per heavy atom. The molecule has 2 aliphatic rings. The lowest BCUT2D eigenvalue weighted by Crippen LogP contribution is -2.32. The monoisotopic (exact) mass is 319 g/mol. The van der Waals surface area contributed by atoms with Crippen molar-refractivity contribution in [3.05, 3.63) is 35.4 Å². The Balaban J connectivity index is 1.70. The van der Waals surface area contributed by atoms with Gasteiger partial charge in [0.1, 0.15) is 5.60 Å². The van der Waals surface area contributed by atoms with E-state index in [9.17, 15) is 9.90 Å². The van der Waals surface area contributed by atoms with E-state index in [0.29, 0.717) is 29.7 Å². The van der Waals surface area contributed by atoms with Crippen LogP contribution >= 0.6 is 11.6 Å². The molecule has 1 N–H and O–H groups in total.